The van der Waals surface area contributed by atoms with Crippen LogP contribution in [0.3, 0.4) is 0 Å². The minimum Gasteiger partial charge on any atom is -0.306 e. The van der Waals surface area contributed by atoms with Crippen molar-refractivity contribution in [3.8, 4) is 0 Å². The molecule has 3 N–H and O–H groups in total. The molecule has 1 aliphatic rings. The number of aryl methyl sites for hydroxylation is 1. The van der Waals surface area contributed by atoms with Crippen molar-refractivity contribution in [2.75, 3.05) is 13.1 Å². The van der Waals surface area contributed by atoms with E-state index in [4.69, 9.17) is 0 Å². The van der Waals surface area contributed by atoms with Crippen LogP contribution in [-0.2, 0) is 13.6 Å². The molecule has 0 spiro atoms. The van der Waals surface area contributed by atoms with Crippen LogP contribution in [0.2, 0.25) is 0 Å². The molecule has 0 aromatic carbocycles. The highest BCUT2D eigenvalue weighted by Gasteiger charge is 2.13. The van der Waals surface area contributed by atoms with Crippen molar-refractivity contribution in [3.63, 3.8) is 0 Å². The largest absolute Gasteiger partial charge is 0.306 e. The van der Waals surface area contributed by atoms with Crippen molar-refractivity contribution in [1.29, 1.82) is 0 Å². The lowest BCUT2D eigenvalue weighted by molar-refractivity contribution is 0.559. The van der Waals surface area contributed by atoms with Gasteiger partial charge in [-0.25, -0.2) is 0 Å². The number of nitrogens with zero attached hydrogens (tertiary/aromatic N) is 3. The minimum absolute atomic E-state index is 0.488. The van der Waals surface area contributed by atoms with Gasteiger partial charge in [0.2, 0.25) is 0 Å². The van der Waals surface area contributed by atoms with Crippen molar-refractivity contribution in [1.82, 2.24) is 31.2 Å². The van der Waals surface area contributed by atoms with E-state index in [1.54, 1.807) is 4.68 Å². The second kappa shape index (κ2) is 3.82. The van der Waals surface area contributed by atoms with E-state index in [1.807, 2.05) is 13.2 Å². The van der Waals surface area contributed by atoms with Gasteiger partial charge in [-0.15, -0.1) is 5.10 Å². The zero-order chi connectivity index (χ0) is 9.10. The molecule has 6 heteroatoms. The van der Waals surface area contributed by atoms with Gasteiger partial charge in [0.1, 0.15) is 0 Å². The summed E-state index contributed by atoms with van der Waals surface area (Å²) in [4.78, 5) is 0. The third kappa shape index (κ3) is 2.24. The first-order valence-electron chi connectivity index (χ1n) is 4.39. The van der Waals surface area contributed by atoms with E-state index in [-0.39, 0.29) is 0 Å². The molecule has 0 bridgehead atoms. The zero-order valence-corrected chi connectivity index (χ0v) is 7.62. The van der Waals surface area contributed by atoms with Crippen LogP contribution in [-0.4, -0.2) is 34.1 Å². The Balaban J connectivity index is 1.78. The Kier molecular flexibility index (Phi) is 2.53. The standard InChI is InChI=1S/C7H14N6/c1-13-5-7(11-12-13)2-8-6-3-9-10-4-6/h5-6,8-10H,2-4H2,1H3. The summed E-state index contributed by atoms with van der Waals surface area (Å²) in [6.45, 7) is 2.70. The Labute approximate surface area is 76.7 Å². The van der Waals surface area contributed by atoms with Gasteiger partial charge in [0.15, 0.2) is 0 Å². The molecule has 0 amide bonds. The predicted octanol–water partition coefficient (Wildman–Crippen LogP) is -1.62. The zero-order valence-electron chi connectivity index (χ0n) is 7.62. The van der Waals surface area contributed by atoms with E-state index in [0.717, 1.165) is 25.3 Å². The maximum absolute atomic E-state index is 3.99. The van der Waals surface area contributed by atoms with E-state index >= 15 is 0 Å². The van der Waals surface area contributed by atoms with Gasteiger partial charge in [-0.1, -0.05) is 5.21 Å². The molecule has 0 saturated carbocycles. The van der Waals surface area contributed by atoms with Crippen molar-refractivity contribution < 1.29 is 0 Å². The van der Waals surface area contributed by atoms with Gasteiger partial charge in [-0.2, -0.15) is 0 Å². The van der Waals surface area contributed by atoms with Crippen LogP contribution in [0.15, 0.2) is 6.20 Å². The molecular weight excluding hydrogens is 168 g/mol. The minimum atomic E-state index is 0.488. The molecule has 6 nitrogen and oxygen atoms in total. The lowest BCUT2D eigenvalue weighted by Crippen LogP contribution is -2.32. The molecular formula is C7H14N6. The van der Waals surface area contributed by atoms with Gasteiger partial charge in [0.25, 0.3) is 0 Å². The number of hydrazine groups is 1. The Morgan fingerprint density at radius 2 is 2.38 bits per heavy atom. The fourth-order valence-electron chi connectivity index (χ4n) is 1.33. The molecule has 1 saturated heterocycles. The smallest absolute Gasteiger partial charge is 0.0964 e. The van der Waals surface area contributed by atoms with Crippen LogP contribution in [0.1, 0.15) is 5.69 Å². The number of aromatic nitrogens is 3. The van der Waals surface area contributed by atoms with Crippen LogP contribution in [0.4, 0.5) is 0 Å². The van der Waals surface area contributed by atoms with Crippen molar-refractivity contribution in [2.24, 2.45) is 7.05 Å². The second-order valence-electron chi connectivity index (χ2n) is 3.22. The molecule has 0 atom stereocenters. The highest BCUT2D eigenvalue weighted by molar-refractivity contribution is 4.92. The van der Waals surface area contributed by atoms with Gasteiger partial charge < -0.3 is 5.32 Å². The van der Waals surface area contributed by atoms with Gasteiger partial charge in [-0.05, 0) is 0 Å². The Hall–Kier alpha value is -0.980. The molecule has 0 aliphatic carbocycles. The van der Waals surface area contributed by atoms with E-state index in [2.05, 4.69) is 26.5 Å². The van der Waals surface area contributed by atoms with Crippen molar-refractivity contribution >= 4 is 0 Å². The fourth-order valence-corrected chi connectivity index (χ4v) is 1.33. The molecule has 72 valence electrons. The highest BCUT2D eigenvalue weighted by atomic mass is 15.4. The van der Waals surface area contributed by atoms with Crippen LogP contribution in [0.5, 0.6) is 0 Å². The first kappa shape index (κ1) is 8.61. The summed E-state index contributed by atoms with van der Waals surface area (Å²) in [6.07, 6.45) is 1.92. The summed E-state index contributed by atoms with van der Waals surface area (Å²) in [5, 5.41) is 11.2. The molecule has 1 fully saturated rings. The average Bonchev–Trinajstić information content (AvgIpc) is 2.71. The first-order chi connectivity index (χ1) is 6.34. The number of hydrogen-bond acceptors (Lipinski definition) is 5. The molecule has 1 aromatic rings. The van der Waals surface area contributed by atoms with Crippen molar-refractivity contribution in [2.45, 2.75) is 12.6 Å². The maximum atomic E-state index is 3.99. The van der Waals surface area contributed by atoms with Crippen LogP contribution in [0.25, 0.3) is 0 Å². The number of hydrogen-bond donors (Lipinski definition) is 3. The van der Waals surface area contributed by atoms with E-state index in [1.165, 1.54) is 0 Å². The van der Waals surface area contributed by atoms with E-state index in [0.29, 0.717) is 6.04 Å². The van der Waals surface area contributed by atoms with Crippen LogP contribution >= 0.6 is 0 Å². The van der Waals surface area contributed by atoms with Crippen LogP contribution in [0, 0.1) is 0 Å². The maximum Gasteiger partial charge on any atom is 0.0964 e. The van der Waals surface area contributed by atoms with Crippen molar-refractivity contribution in [3.05, 3.63) is 11.9 Å². The number of rotatable bonds is 3. The Morgan fingerprint density at radius 1 is 1.62 bits per heavy atom. The van der Waals surface area contributed by atoms with E-state index < -0.39 is 0 Å². The highest BCUT2D eigenvalue weighted by Crippen LogP contribution is 1.92. The summed E-state index contributed by atoms with van der Waals surface area (Å²) in [7, 11) is 1.87. The SMILES string of the molecule is Cn1cc(CNC2CNNC2)nn1. The fraction of sp³-hybridized carbons (Fsp3) is 0.714. The Morgan fingerprint density at radius 3 is 3.00 bits per heavy atom. The Bertz CT molecular complexity index is 264. The van der Waals surface area contributed by atoms with Gasteiger partial charge in [-0.3, -0.25) is 15.5 Å². The lowest BCUT2D eigenvalue weighted by Gasteiger charge is -2.07. The topological polar surface area (TPSA) is 66.8 Å². The summed E-state index contributed by atoms with van der Waals surface area (Å²) in [6, 6.07) is 0.488. The third-order valence-electron chi connectivity index (χ3n) is 2.04. The summed E-state index contributed by atoms with van der Waals surface area (Å²) < 4.78 is 1.71. The van der Waals surface area contributed by atoms with Gasteiger partial charge in [0.05, 0.1) is 5.69 Å². The quantitative estimate of drug-likeness (QED) is 0.524. The molecule has 0 radical (unpaired) electrons. The third-order valence-corrected chi connectivity index (χ3v) is 2.04. The van der Waals surface area contributed by atoms with E-state index in [9.17, 15) is 0 Å². The lowest BCUT2D eigenvalue weighted by atomic mass is 10.3. The summed E-state index contributed by atoms with van der Waals surface area (Å²) >= 11 is 0. The first-order valence-corrected chi connectivity index (χ1v) is 4.39. The second-order valence-corrected chi connectivity index (χ2v) is 3.22. The monoisotopic (exact) mass is 182 g/mol. The molecule has 13 heavy (non-hydrogen) atoms. The van der Waals surface area contributed by atoms with Gasteiger partial charge >= 0.3 is 0 Å². The summed E-state index contributed by atoms with van der Waals surface area (Å²) in [5.41, 5.74) is 7.10. The molecule has 0 unspecified atom stereocenters. The van der Waals surface area contributed by atoms with Gasteiger partial charge in [0, 0.05) is 38.9 Å². The molecule has 2 heterocycles. The average molecular weight is 182 g/mol. The molecule has 1 aliphatic heterocycles. The normalized spacial score (nSPS) is 18.2. The van der Waals surface area contributed by atoms with Crippen LogP contribution < -0.4 is 16.2 Å². The number of nitrogens with one attached hydrogen (secondary N) is 3. The summed E-state index contributed by atoms with van der Waals surface area (Å²) in [5.74, 6) is 0. The molecule has 2 rings (SSSR count). The predicted molar refractivity (Wildman–Crippen MR) is 47.6 cm³/mol. The molecule has 1 aromatic heterocycles.